The molecule has 0 bridgehead atoms. The minimum absolute atomic E-state index is 0. The molecule has 0 saturated carbocycles. The van der Waals surface area contributed by atoms with Crippen molar-refractivity contribution in [2.45, 2.75) is 12.5 Å². The third-order valence-electron chi connectivity index (χ3n) is 1.86. The molecule has 0 aliphatic rings. The van der Waals surface area contributed by atoms with Crippen LogP contribution in [0.15, 0.2) is 12.1 Å². The highest BCUT2D eigenvalue weighted by molar-refractivity contribution is 6.43. The molecule has 0 aliphatic carbocycles. The van der Waals surface area contributed by atoms with E-state index in [2.05, 4.69) is 0 Å². The summed E-state index contributed by atoms with van der Waals surface area (Å²) in [6, 6.07) is 2.88. The van der Waals surface area contributed by atoms with E-state index >= 15 is 0 Å². The predicted octanol–water partition coefficient (Wildman–Crippen LogP) is 3.45. The van der Waals surface area contributed by atoms with E-state index in [-0.39, 0.29) is 25.1 Å². The smallest absolute Gasteiger partial charge is 0.0641 e. The summed E-state index contributed by atoms with van der Waals surface area (Å²) in [4.78, 5) is 0. The summed E-state index contributed by atoms with van der Waals surface area (Å²) in [5.41, 5.74) is 6.45. The maximum atomic E-state index is 8.74. The van der Waals surface area contributed by atoms with E-state index in [1.165, 1.54) is 0 Å². The van der Waals surface area contributed by atoms with Crippen LogP contribution in [0.1, 0.15) is 18.0 Å². The largest absolute Gasteiger partial charge is 0.396 e. The van der Waals surface area contributed by atoms with Crippen LogP contribution >= 0.6 is 47.2 Å². The van der Waals surface area contributed by atoms with Crippen LogP contribution in [-0.4, -0.2) is 11.7 Å². The summed E-state index contributed by atoms with van der Waals surface area (Å²) in [6.07, 6.45) is 0.427. The first-order chi connectivity index (χ1) is 6.56. The predicted molar refractivity (Wildman–Crippen MR) is 67.4 cm³/mol. The Morgan fingerprint density at radius 2 is 1.87 bits per heavy atom. The van der Waals surface area contributed by atoms with Crippen LogP contribution in [0.3, 0.4) is 0 Å². The lowest BCUT2D eigenvalue weighted by atomic mass is 10.1. The van der Waals surface area contributed by atoms with Crippen LogP contribution in [0.2, 0.25) is 15.1 Å². The first-order valence-corrected chi connectivity index (χ1v) is 5.20. The fourth-order valence-corrected chi connectivity index (χ4v) is 1.90. The number of nitrogens with two attached hydrogens (primary N) is 1. The number of hydrogen-bond acceptors (Lipinski definition) is 2. The molecule has 86 valence electrons. The second-order valence-corrected chi connectivity index (χ2v) is 4.13. The van der Waals surface area contributed by atoms with Gasteiger partial charge in [-0.2, -0.15) is 0 Å². The first kappa shape index (κ1) is 15.3. The number of hydrogen-bond donors (Lipinski definition) is 2. The summed E-state index contributed by atoms with van der Waals surface area (Å²) < 4.78 is 0. The third-order valence-corrected chi connectivity index (χ3v) is 2.90. The highest BCUT2D eigenvalue weighted by Crippen LogP contribution is 2.33. The maximum Gasteiger partial charge on any atom is 0.0641 e. The molecule has 1 rings (SSSR count). The van der Waals surface area contributed by atoms with Gasteiger partial charge in [0.05, 0.1) is 10.0 Å². The van der Waals surface area contributed by atoms with E-state index in [1.54, 1.807) is 12.1 Å². The van der Waals surface area contributed by atoms with Gasteiger partial charge >= 0.3 is 0 Å². The van der Waals surface area contributed by atoms with Gasteiger partial charge < -0.3 is 10.8 Å². The second kappa shape index (κ2) is 6.79. The molecule has 0 aromatic heterocycles. The summed E-state index contributed by atoms with van der Waals surface area (Å²) in [6.45, 7) is 0.00162. The van der Waals surface area contributed by atoms with E-state index in [1.807, 2.05) is 0 Å². The van der Waals surface area contributed by atoms with Gasteiger partial charge in [0.15, 0.2) is 0 Å². The molecule has 1 aromatic carbocycles. The molecular weight excluding hydrogens is 280 g/mol. The van der Waals surface area contributed by atoms with E-state index in [9.17, 15) is 0 Å². The van der Waals surface area contributed by atoms with Gasteiger partial charge in [0.1, 0.15) is 0 Å². The Bertz CT molecular complexity index is 332. The highest BCUT2D eigenvalue weighted by atomic mass is 35.5. The van der Waals surface area contributed by atoms with Gasteiger partial charge in [0, 0.05) is 17.7 Å². The molecule has 0 aliphatic heterocycles. The van der Waals surface area contributed by atoms with Crippen LogP contribution in [0.4, 0.5) is 0 Å². The molecule has 0 amide bonds. The number of aliphatic hydroxyl groups excluding tert-OH is 1. The van der Waals surface area contributed by atoms with Gasteiger partial charge in [-0.15, -0.1) is 12.4 Å². The Balaban J connectivity index is 0.00000196. The Morgan fingerprint density at radius 1 is 1.27 bits per heavy atom. The van der Waals surface area contributed by atoms with Crippen molar-refractivity contribution in [2.24, 2.45) is 5.73 Å². The highest BCUT2D eigenvalue weighted by Gasteiger charge is 2.13. The van der Waals surface area contributed by atoms with Crippen LogP contribution in [0.25, 0.3) is 0 Å². The van der Waals surface area contributed by atoms with Crippen molar-refractivity contribution in [3.05, 3.63) is 32.8 Å². The van der Waals surface area contributed by atoms with Crippen LogP contribution < -0.4 is 5.73 Å². The van der Waals surface area contributed by atoms with Crippen molar-refractivity contribution >= 4 is 47.2 Å². The zero-order valence-electron chi connectivity index (χ0n) is 7.71. The molecule has 0 radical (unpaired) electrons. The monoisotopic (exact) mass is 289 g/mol. The van der Waals surface area contributed by atoms with Crippen molar-refractivity contribution in [3.8, 4) is 0 Å². The van der Waals surface area contributed by atoms with Crippen molar-refractivity contribution in [3.63, 3.8) is 0 Å². The maximum absolute atomic E-state index is 8.74. The quantitative estimate of drug-likeness (QED) is 0.838. The zero-order chi connectivity index (χ0) is 10.7. The van der Waals surface area contributed by atoms with Gasteiger partial charge in [-0.25, -0.2) is 0 Å². The lowest BCUT2D eigenvalue weighted by Gasteiger charge is -2.13. The van der Waals surface area contributed by atoms with Crippen LogP contribution in [-0.2, 0) is 0 Å². The number of halogens is 4. The average Bonchev–Trinajstić information content (AvgIpc) is 2.11. The second-order valence-electron chi connectivity index (χ2n) is 2.91. The molecule has 0 spiro atoms. The van der Waals surface area contributed by atoms with E-state index in [0.717, 1.165) is 0 Å². The van der Waals surface area contributed by atoms with E-state index < -0.39 is 0 Å². The van der Waals surface area contributed by atoms with Crippen molar-refractivity contribution in [1.29, 1.82) is 0 Å². The summed E-state index contributed by atoms with van der Waals surface area (Å²) in [5.74, 6) is 0. The third kappa shape index (κ3) is 3.99. The normalized spacial score (nSPS) is 12.1. The van der Waals surface area contributed by atoms with Crippen LogP contribution in [0, 0.1) is 0 Å². The molecule has 3 N–H and O–H groups in total. The minimum atomic E-state index is -0.344. The fourth-order valence-electron chi connectivity index (χ4n) is 1.14. The van der Waals surface area contributed by atoms with Gasteiger partial charge in [-0.05, 0) is 24.1 Å². The Morgan fingerprint density at radius 3 is 2.40 bits per heavy atom. The zero-order valence-corrected chi connectivity index (χ0v) is 10.8. The molecule has 0 fully saturated rings. The molecule has 2 nitrogen and oxygen atoms in total. The van der Waals surface area contributed by atoms with Crippen molar-refractivity contribution in [1.82, 2.24) is 0 Å². The van der Waals surface area contributed by atoms with Gasteiger partial charge in [0.25, 0.3) is 0 Å². The standard InChI is InChI=1S/C9H10Cl3NO.ClH/c10-5-3-6(8(13)1-2-14)9(12)7(11)4-5;/h3-4,8,14H,1-2,13H2;1H/t8-;/m0./s1. The SMILES string of the molecule is Cl.N[C@@H](CCO)c1cc(Cl)cc(Cl)c1Cl. The lowest BCUT2D eigenvalue weighted by molar-refractivity contribution is 0.276. The molecule has 0 heterocycles. The molecule has 0 saturated heterocycles. The molecular formula is C9H11Cl4NO. The number of benzene rings is 1. The Labute approximate surface area is 110 Å². The number of aliphatic hydroxyl groups is 1. The van der Waals surface area contributed by atoms with Gasteiger partial charge in [-0.3, -0.25) is 0 Å². The minimum Gasteiger partial charge on any atom is -0.396 e. The summed E-state index contributed by atoms with van der Waals surface area (Å²) in [5, 5.41) is 10.0. The average molecular weight is 291 g/mol. The topological polar surface area (TPSA) is 46.2 Å². The van der Waals surface area contributed by atoms with E-state index in [0.29, 0.717) is 27.1 Å². The van der Waals surface area contributed by atoms with Crippen molar-refractivity contribution in [2.75, 3.05) is 6.61 Å². The molecule has 1 atom stereocenters. The molecule has 1 aromatic rings. The van der Waals surface area contributed by atoms with Crippen molar-refractivity contribution < 1.29 is 5.11 Å². The summed E-state index contributed by atoms with van der Waals surface area (Å²) >= 11 is 17.6. The van der Waals surface area contributed by atoms with Gasteiger partial charge in [-0.1, -0.05) is 34.8 Å². The first-order valence-electron chi connectivity index (χ1n) is 4.07. The molecule has 6 heteroatoms. The Hall–Kier alpha value is 0.300. The Kier molecular flexibility index (Phi) is 6.93. The number of rotatable bonds is 3. The van der Waals surface area contributed by atoms with Crippen LogP contribution in [0.5, 0.6) is 0 Å². The molecule has 15 heavy (non-hydrogen) atoms. The van der Waals surface area contributed by atoms with E-state index in [4.69, 9.17) is 45.6 Å². The van der Waals surface area contributed by atoms with Gasteiger partial charge in [0.2, 0.25) is 0 Å². The fraction of sp³-hybridized carbons (Fsp3) is 0.333. The summed E-state index contributed by atoms with van der Waals surface area (Å²) in [7, 11) is 0. The molecule has 0 unspecified atom stereocenters. The lowest BCUT2D eigenvalue weighted by Crippen LogP contribution is -2.12.